The number of hydrogen-bond donors (Lipinski definition) is 0. The summed E-state index contributed by atoms with van der Waals surface area (Å²) in [4.78, 5) is 20.3. The molecule has 0 saturated carbocycles. The van der Waals surface area contributed by atoms with E-state index in [0.717, 1.165) is 25.7 Å². The molecule has 3 aliphatic heterocycles. The first-order valence-electron chi connectivity index (χ1n) is 6.23. The first-order chi connectivity index (χ1) is 8.63. The summed E-state index contributed by atoms with van der Waals surface area (Å²) in [5.74, 6) is -0.253. The van der Waals surface area contributed by atoms with Gasteiger partial charge in [-0.2, -0.15) is 0 Å². The summed E-state index contributed by atoms with van der Waals surface area (Å²) in [6.07, 6.45) is 2.55. The molecule has 4 nitrogen and oxygen atoms in total. The number of carbonyl (C=O) groups is 1. The minimum atomic E-state index is -0.367. The standard InChI is InChI=1S/C13H16FN3O/c1-16-7-11-5-12(8-16)17(11)13(18)4-10-3-2-9(14)6-15-10/h2-3,6,11-12H,4-5,7-8H2,1H3. The van der Waals surface area contributed by atoms with E-state index in [4.69, 9.17) is 0 Å². The Kier molecular flexibility index (Phi) is 2.78. The van der Waals surface area contributed by atoms with E-state index in [9.17, 15) is 9.18 Å². The van der Waals surface area contributed by atoms with Crippen molar-refractivity contribution in [3.63, 3.8) is 0 Å². The monoisotopic (exact) mass is 249 g/mol. The predicted octanol–water partition coefficient (Wildman–Crippen LogP) is 0.678. The van der Waals surface area contributed by atoms with Crippen LogP contribution in [-0.4, -0.2) is 52.9 Å². The van der Waals surface area contributed by atoms with Crippen molar-refractivity contribution in [1.29, 1.82) is 0 Å². The third-order valence-electron chi connectivity index (χ3n) is 3.78. The molecule has 0 aromatic carbocycles. The fourth-order valence-electron chi connectivity index (χ4n) is 2.98. The highest BCUT2D eigenvalue weighted by atomic mass is 19.1. The first kappa shape index (κ1) is 11.6. The van der Waals surface area contributed by atoms with Crippen molar-refractivity contribution in [2.24, 2.45) is 0 Å². The number of pyridine rings is 1. The topological polar surface area (TPSA) is 36.4 Å². The summed E-state index contributed by atoms with van der Waals surface area (Å²) in [6, 6.07) is 3.65. The molecule has 0 spiro atoms. The van der Waals surface area contributed by atoms with Crippen LogP contribution in [0.4, 0.5) is 4.39 Å². The molecular weight excluding hydrogens is 233 g/mol. The summed E-state index contributed by atoms with van der Waals surface area (Å²) in [5, 5.41) is 0. The van der Waals surface area contributed by atoms with Gasteiger partial charge < -0.3 is 9.80 Å². The molecule has 2 bridgehead atoms. The molecule has 96 valence electrons. The maximum Gasteiger partial charge on any atom is 0.229 e. The second-order valence-corrected chi connectivity index (χ2v) is 5.21. The molecule has 18 heavy (non-hydrogen) atoms. The van der Waals surface area contributed by atoms with Gasteiger partial charge >= 0.3 is 0 Å². The Morgan fingerprint density at radius 2 is 2.17 bits per heavy atom. The van der Waals surface area contributed by atoms with Gasteiger partial charge in [0.2, 0.25) is 5.91 Å². The number of rotatable bonds is 2. The Bertz CT molecular complexity index is 450. The molecule has 1 amide bonds. The number of carbonyl (C=O) groups excluding carboxylic acids is 1. The van der Waals surface area contributed by atoms with Crippen LogP contribution in [-0.2, 0) is 11.2 Å². The second kappa shape index (κ2) is 4.31. The number of nitrogens with zero attached hydrogens (tertiary/aromatic N) is 3. The summed E-state index contributed by atoms with van der Waals surface area (Å²) >= 11 is 0. The van der Waals surface area contributed by atoms with Crippen LogP contribution < -0.4 is 0 Å². The summed E-state index contributed by atoms with van der Waals surface area (Å²) in [5.41, 5.74) is 0.639. The Morgan fingerprint density at radius 1 is 1.44 bits per heavy atom. The zero-order valence-corrected chi connectivity index (χ0v) is 10.3. The van der Waals surface area contributed by atoms with E-state index in [0.29, 0.717) is 17.8 Å². The third-order valence-corrected chi connectivity index (χ3v) is 3.78. The highest BCUT2D eigenvalue weighted by Crippen LogP contribution is 2.31. The lowest BCUT2D eigenvalue weighted by molar-refractivity contribution is -0.152. The molecule has 0 aliphatic carbocycles. The molecular formula is C13H16FN3O. The van der Waals surface area contributed by atoms with Crippen molar-refractivity contribution >= 4 is 5.91 Å². The number of piperidine rings is 1. The van der Waals surface area contributed by atoms with Crippen LogP contribution in [0.15, 0.2) is 18.3 Å². The lowest BCUT2D eigenvalue weighted by atomic mass is 9.87. The van der Waals surface area contributed by atoms with Gasteiger partial charge in [0.05, 0.1) is 12.6 Å². The molecule has 4 heterocycles. The van der Waals surface area contributed by atoms with Gasteiger partial charge in [0.25, 0.3) is 0 Å². The van der Waals surface area contributed by atoms with Gasteiger partial charge in [-0.15, -0.1) is 0 Å². The van der Waals surface area contributed by atoms with Crippen molar-refractivity contribution in [2.45, 2.75) is 24.9 Å². The van der Waals surface area contributed by atoms with Gasteiger partial charge in [-0.25, -0.2) is 4.39 Å². The van der Waals surface area contributed by atoms with Crippen LogP contribution in [0.25, 0.3) is 0 Å². The number of hydrogen-bond acceptors (Lipinski definition) is 3. The molecule has 1 aromatic heterocycles. The van der Waals surface area contributed by atoms with Crippen molar-refractivity contribution in [3.05, 3.63) is 29.8 Å². The third kappa shape index (κ3) is 1.99. The normalized spacial score (nSPS) is 26.9. The van der Waals surface area contributed by atoms with Gasteiger partial charge in [0.1, 0.15) is 5.82 Å². The maximum atomic E-state index is 12.7. The fourth-order valence-corrected chi connectivity index (χ4v) is 2.98. The predicted molar refractivity (Wildman–Crippen MR) is 64.4 cm³/mol. The lowest BCUT2D eigenvalue weighted by Gasteiger charge is -2.55. The summed E-state index contributed by atoms with van der Waals surface area (Å²) in [7, 11) is 2.09. The van der Waals surface area contributed by atoms with Gasteiger partial charge in [-0.3, -0.25) is 9.78 Å². The van der Waals surface area contributed by atoms with Crippen molar-refractivity contribution in [1.82, 2.24) is 14.8 Å². The van der Waals surface area contributed by atoms with Crippen molar-refractivity contribution in [2.75, 3.05) is 20.1 Å². The lowest BCUT2D eigenvalue weighted by Crippen LogP contribution is -2.69. The van der Waals surface area contributed by atoms with Crippen LogP contribution in [0.3, 0.4) is 0 Å². The zero-order valence-electron chi connectivity index (χ0n) is 10.3. The van der Waals surface area contributed by atoms with Crippen molar-refractivity contribution in [3.8, 4) is 0 Å². The molecule has 3 aliphatic rings. The minimum absolute atomic E-state index is 0.114. The molecule has 2 atom stereocenters. The molecule has 2 unspecified atom stereocenters. The van der Waals surface area contributed by atoms with Gasteiger partial charge in [0, 0.05) is 30.9 Å². The molecule has 1 aromatic rings. The molecule has 3 fully saturated rings. The van der Waals surface area contributed by atoms with E-state index in [1.165, 1.54) is 6.07 Å². The minimum Gasteiger partial charge on any atom is -0.334 e. The van der Waals surface area contributed by atoms with E-state index in [1.807, 2.05) is 4.90 Å². The quantitative estimate of drug-likeness (QED) is 0.773. The fraction of sp³-hybridized carbons (Fsp3) is 0.538. The van der Waals surface area contributed by atoms with Crippen LogP contribution in [0.1, 0.15) is 12.1 Å². The van der Waals surface area contributed by atoms with E-state index in [1.54, 1.807) is 6.07 Å². The molecule has 0 radical (unpaired) electrons. The largest absolute Gasteiger partial charge is 0.334 e. The Balaban J connectivity index is 1.64. The number of fused-ring (bicyclic) bond motifs is 2. The SMILES string of the molecule is CN1CC2CC(C1)N2C(=O)Cc1ccc(F)cn1. The average Bonchev–Trinajstić information content (AvgIpc) is 2.31. The van der Waals surface area contributed by atoms with Crippen molar-refractivity contribution < 1.29 is 9.18 Å². The number of likely N-dealkylation sites (N-methyl/N-ethyl adjacent to an activating group) is 1. The average molecular weight is 249 g/mol. The highest BCUT2D eigenvalue weighted by Gasteiger charge is 2.45. The molecule has 4 rings (SSSR count). The highest BCUT2D eigenvalue weighted by molar-refractivity contribution is 5.80. The number of amides is 1. The van der Waals surface area contributed by atoms with E-state index in [2.05, 4.69) is 16.9 Å². The van der Waals surface area contributed by atoms with E-state index < -0.39 is 0 Å². The Hall–Kier alpha value is -1.49. The summed E-state index contributed by atoms with van der Waals surface area (Å²) in [6.45, 7) is 1.91. The second-order valence-electron chi connectivity index (χ2n) is 5.21. The smallest absolute Gasteiger partial charge is 0.229 e. The van der Waals surface area contributed by atoms with E-state index in [-0.39, 0.29) is 18.1 Å². The van der Waals surface area contributed by atoms with Gasteiger partial charge in [-0.1, -0.05) is 0 Å². The Labute approximate surface area is 105 Å². The van der Waals surface area contributed by atoms with Crippen LogP contribution in [0.5, 0.6) is 0 Å². The van der Waals surface area contributed by atoms with Crippen LogP contribution in [0, 0.1) is 5.82 Å². The van der Waals surface area contributed by atoms with Gasteiger partial charge in [0.15, 0.2) is 0 Å². The molecule has 5 heteroatoms. The number of aromatic nitrogens is 1. The maximum absolute atomic E-state index is 12.7. The Morgan fingerprint density at radius 3 is 2.78 bits per heavy atom. The molecule has 3 saturated heterocycles. The summed E-state index contributed by atoms with van der Waals surface area (Å²) < 4.78 is 12.7. The molecule has 0 N–H and O–H groups in total. The van der Waals surface area contributed by atoms with Crippen LogP contribution in [0.2, 0.25) is 0 Å². The number of halogens is 1. The zero-order chi connectivity index (χ0) is 12.7. The number of piperazine rings is 1. The van der Waals surface area contributed by atoms with E-state index >= 15 is 0 Å². The van der Waals surface area contributed by atoms with Crippen LogP contribution >= 0.6 is 0 Å². The van der Waals surface area contributed by atoms with Gasteiger partial charge in [-0.05, 0) is 25.6 Å². The first-order valence-corrected chi connectivity index (χ1v) is 6.23.